The molecule has 0 saturated heterocycles. The Morgan fingerprint density at radius 2 is 1.38 bits per heavy atom. The summed E-state index contributed by atoms with van der Waals surface area (Å²) in [7, 11) is -1.49. The third-order valence-corrected chi connectivity index (χ3v) is 10.6. The fraction of sp³-hybridized carbons (Fsp3) is 0.632. The molecule has 0 unspecified atom stereocenters. The third kappa shape index (κ3) is 3.19. The molecular formula is C19H28FP. The summed E-state index contributed by atoms with van der Waals surface area (Å²) in [6.45, 7) is 4.87. The summed E-state index contributed by atoms with van der Waals surface area (Å²) in [5.41, 5.74) is 1.49. The van der Waals surface area contributed by atoms with E-state index in [0.717, 1.165) is 11.3 Å². The Morgan fingerprint density at radius 3 is 1.86 bits per heavy atom. The van der Waals surface area contributed by atoms with E-state index in [2.05, 4.69) is 6.07 Å². The van der Waals surface area contributed by atoms with Crippen molar-refractivity contribution >= 4 is 12.6 Å². The molecule has 2 aliphatic rings. The van der Waals surface area contributed by atoms with E-state index in [1.165, 1.54) is 69.5 Å². The quantitative estimate of drug-likeness (QED) is 0.480. The second-order valence-electron chi connectivity index (χ2n) is 6.99. The second kappa shape index (κ2) is 6.78. The molecule has 0 amide bonds. The van der Waals surface area contributed by atoms with Crippen LogP contribution in [0.15, 0.2) is 24.3 Å². The van der Waals surface area contributed by atoms with Gasteiger partial charge < -0.3 is 0 Å². The van der Waals surface area contributed by atoms with Crippen molar-refractivity contribution in [1.82, 2.24) is 0 Å². The van der Waals surface area contributed by atoms with Gasteiger partial charge in [0.2, 0.25) is 0 Å². The molecule has 0 atom stereocenters. The average Bonchev–Trinajstić information content (AvgIpc) is 2.56. The molecule has 0 spiro atoms. The Morgan fingerprint density at radius 1 is 0.857 bits per heavy atom. The number of benzene rings is 1. The Balaban J connectivity index is 1.96. The summed E-state index contributed by atoms with van der Waals surface area (Å²) < 4.78 is 13.8. The Labute approximate surface area is 129 Å². The molecule has 0 heterocycles. The molecule has 2 heteroatoms. The number of halogens is 1. The Bertz CT molecular complexity index is 440. The summed E-state index contributed by atoms with van der Waals surface area (Å²) in [6, 6.07) is 7.46. The smallest absolute Gasteiger partial charge is 0.127 e. The van der Waals surface area contributed by atoms with Crippen LogP contribution >= 0.6 is 7.26 Å². The van der Waals surface area contributed by atoms with E-state index in [-0.39, 0.29) is 5.82 Å². The van der Waals surface area contributed by atoms with Gasteiger partial charge in [0.1, 0.15) is 5.82 Å². The predicted octanol–water partition coefficient (Wildman–Crippen LogP) is 5.93. The van der Waals surface area contributed by atoms with Crippen molar-refractivity contribution in [1.29, 1.82) is 0 Å². The van der Waals surface area contributed by atoms with Crippen molar-refractivity contribution in [2.75, 3.05) is 0 Å². The first kappa shape index (κ1) is 15.5. The van der Waals surface area contributed by atoms with Crippen LogP contribution < -0.4 is 5.30 Å². The van der Waals surface area contributed by atoms with Crippen LogP contribution in [0.4, 0.5) is 4.39 Å². The van der Waals surface area contributed by atoms with E-state index in [1.807, 2.05) is 12.1 Å². The van der Waals surface area contributed by atoms with E-state index in [9.17, 15) is 4.39 Å². The largest absolute Gasteiger partial charge is 0.207 e. The summed E-state index contributed by atoms with van der Waals surface area (Å²) in [5.74, 6) is -0.0767. The van der Waals surface area contributed by atoms with Crippen molar-refractivity contribution in [2.45, 2.75) is 75.5 Å². The highest BCUT2D eigenvalue weighted by Crippen LogP contribution is 2.70. The molecule has 3 rings (SSSR count). The maximum atomic E-state index is 13.8. The minimum atomic E-state index is -1.49. The predicted molar refractivity (Wildman–Crippen MR) is 92.1 cm³/mol. The molecule has 0 nitrogen and oxygen atoms in total. The zero-order chi connectivity index (χ0) is 14.7. The minimum absolute atomic E-state index is 0.0767. The van der Waals surface area contributed by atoms with Gasteiger partial charge >= 0.3 is 0 Å². The molecule has 0 aromatic heterocycles. The average molecular weight is 306 g/mol. The zero-order valence-corrected chi connectivity index (χ0v) is 14.0. The minimum Gasteiger partial charge on any atom is -0.207 e. The van der Waals surface area contributed by atoms with Gasteiger partial charge in [0.25, 0.3) is 0 Å². The lowest BCUT2D eigenvalue weighted by molar-refractivity contribution is 0.483. The van der Waals surface area contributed by atoms with Gasteiger partial charge in [-0.3, -0.25) is 0 Å². The van der Waals surface area contributed by atoms with Gasteiger partial charge in [-0.05, 0) is 63.5 Å². The lowest BCUT2D eigenvalue weighted by atomic mass is 9.99. The van der Waals surface area contributed by atoms with Gasteiger partial charge in [0.15, 0.2) is 0 Å². The molecule has 0 radical (unpaired) electrons. The summed E-state index contributed by atoms with van der Waals surface area (Å²) >= 11 is 0. The molecule has 1 aromatic carbocycles. The van der Waals surface area contributed by atoms with Crippen LogP contribution in [-0.2, 0) is 0 Å². The normalized spacial score (nSPS) is 22.4. The highest BCUT2D eigenvalue weighted by molar-refractivity contribution is 7.85. The second-order valence-corrected chi connectivity index (χ2v) is 10.8. The summed E-state index contributed by atoms with van der Waals surface area (Å²) in [4.78, 5) is 0. The molecule has 0 bridgehead atoms. The molecule has 0 aliphatic heterocycles. The lowest BCUT2D eigenvalue weighted by Gasteiger charge is -2.46. The van der Waals surface area contributed by atoms with E-state index in [4.69, 9.17) is 6.66 Å². The molecule has 0 N–H and O–H groups in total. The Kier molecular flexibility index (Phi) is 4.99. The van der Waals surface area contributed by atoms with Gasteiger partial charge in [-0.2, -0.15) is 6.66 Å². The topological polar surface area (TPSA) is 0 Å². The lowest BCUT2D eigenvalue weighted by Crippen LogP contribution is -2.33. The summed E-state index contributed by atoms with van der Waals surface area (Å²) in [6.07, 6.45) is 13.5. The van der Waals surface area contributed by atoms with E-state index < -0.39 is 7.26 Å². The fourth-order valence-electron chi connectivity index (χ4n) is 4.54. The monoisotopic (exact) mass is 306 g/mol. The van der Waals surface area contributed by atoms with Crippen LogP contribution in [0.1, 0.15) is 64.2 Å². The van der Waals surface area contributed by atoms with Crippen LogP contribution in [0.2, 0.25) is 0 Å². The summed E-state index contributed by atoms with van der Waals surface area (Å²) in [5, 5.41) is 1.27. The molecule has 2 fully saturated rings. The van der Waals surface area contributed by atoms with Gasteiger partial charge in [-0.25, -0.2) is 4.39 Å². The number of hydrogen-bond acceptors (Lipinski definition) is 0. The van der Waals surface area contributed by atoms with Crippen LogP contribution in [0.5, 0.6) is 0 Å². The Hall–Kier alpha value is -0.420. The van der Waals surface area contributed by atoms with E-state index in [1.54, 1.807) is 6.07 Å². The van der Waals surface area contributed by atoms with Crippen molar-refractivity contribution < 1.29 is 4.39 Å². The van der Waals surface area contributed by atoms with Crippen LogP contribution in [0, 0.1) is 12.5 Å². The third-order valence-electron chi connectivity index (χ3n) is 5.74. The highest BCUT2D eigenvalue weighted by Gasteiger charge is 2.44. The maximum Gasteiger partial charge on any atom is 0.127 e. The highest BCUT2D eigenvalue weighted by atomic mass is 31.2. The first-order valence-corrected chi connectivity index (χ1v) is 10.8. The molecular weight excluding hydrogens is 278 g/mol. The van der Waals surface area contributed by atoms with E-state index in [0.29, 0.717) is 0 Å². The fourth-order valence-corrected chi connectivity index (χ4v) is 9.28. The SMILES string of the molecule is [CH2-][P+](c1cccc(F)c1)(C1CCCCC1)C1CCCCC1. The van der Waals surface area contributed by atoms with Crippen molar-refractivity contribution in [2.24, 2.45) is 0 Å². The van der Waals surface area contributed by atoms with Crippen molar-refractivity contribution in [3.63, 3.8) is 0 Å². The van der Waals surface area contributed by atoms with Gasteiger partial charge in [0, 0.05) is 17.4 Å². The molecule has 2 saturated carbocycles. The maximum absolute atomic E-state index is 13.8. The first-order valence-electron chi connectivity index (χ1n) is 8.70. The molecule has 2 aliphatic carbocycles. The molecule has 1 aromatic rings. The van der Waals surface area contributed by atoms with Crippen molar-refractivity contribution in [3.05, 3.63) is 36.7 Å². The zero-order valence-electron chi connectivity index (χ0n) is 13.1. The molecule has 116 valence electrons. The van der Waals surface area contributed by atoms with Crippen LogP contribution in [0.3, 0.4) is 0 Å². The van der Waals surface area contributed by atoms with Gasteiger partial charge in [0.05, 0.1) is 5.30 Å². The van der Waals surface area contributed by atoms with Gasteiger partial charge in [-0.15, -0.1) is 0 Å². The van der Waals surface area contributed by atoms with Crippen LogP contribution in [0.25, 0.3) is 0 Å². The number of rotatable bonds is 3. The van der Waals surface area contributed by atoms with Crippen molar-refractivity contribution in [3.8, 4) is 0 Å². The number of hydrogen-bond donors (Lipinski definition) is 0. The first-order chi connectivity index (χ1) is 10.2. The standard InChI is InChI=1S/C19H28FP/c1-21(17-10-4-2-5-11-17,18-12-6-3-7-13-18)19-14-8-9-16(20)15-19/h8-9,14-15,17-18H,1-7,10-13H2. The van der Waals surface area contributed by atoms with E-state index >= 15 is 0 Å². The van der Waals surface area contributed by atoms with Gasteiger partial charge in [-0.1, -0.05) is 26.2 Å². The van der Waals surface area contributed by atoms with Crippen LogP contribution in [-0.4, -0.2) is 11.3 Å². The molecule has 21 heavy (non-hydrogen) atoms.